The van der Waals surface area contributed by atoms with Gasteiger partial charge in [-0.1, -0.05) is 24.3 Å². The Kier molecular flexibility index (Phi) is 3.89. The molecule has 130 valence electrons. The molecule has 0 aliphatic carbocycles. The number of benzene rings is 1. The molecule has 0 bridgehead atoms. The average molecular weight is 365 g/mol. The van der Waals surface area contributed by atoms with E-state index in [1.54, 1.807) is 42.7 Å². The molecule has 0 saturated heterocycles. The normalized spacial score (nSPS) is 14.2. The Labute approximate surface area is 151 Å². The van der Waals surface area contributed by atoms with Crippen LogP contribution in [0.5, 0.6) is 0 Å². The zero-order chi connectivity index (χ0) is 18.1. The van der Waals surface area contributed by atoms with Gasteiger partial charge in [0.15, 0.2) is 0 Å². The molecule has 26 heavy (non-hydrogen) atoms. The quantitative estimate of drug-likeness (QED) is 0.715. The van der Waals surface area contributed by atoms with Crippen molar-refractivity contribution >= 4 is 27.3 Å². The van der Waals surface area contributed by atoms with Crippen LogP contribution in [0.25, 0.3) is 11.3 Å². The molecule has 0 unspecified atom stereocenters. The summed E-state index contributed by atoms with van der Waals surface area (Å²) in [4.78, 5) is 12.7. The lowest BCUT2D eigenvalue weighted by Gasteiger charge is -2.30. The monoisotopic (exact) mass is 365 g/mol. The Morgan fingerprint density at radius 2 is 1.92 bits per heavy atom. The Morgan fingerprint density at radius 1 is 1.15 bits per heavy atom. The molecule has 1 aromatic carbocycles. The molecule has 0 saturated carbocycles. The van der Waals surface area contributed by atoms with Crippen LogP contribution in [0.3, 0.4) is 0 Å². The predicted molar refractivity (Wildman–Crippen MR) is 99.7 cm³/mol. The first-order chi connectivity index (χ1) is 12.6. The fourth-order valence-corrected chi connectivity index (χ4v) is 4.37. The number of pyridine rings is 1. The number of hydrogen-bond donors (Lipinski definition) is 1. The Bertz CT molecular complexity index is 1080. The van der Waals surface area contributed by atoms with Crippen molar-refractivity contribution < 1.29 is 8.42 Å². The van der Waals surface area contributed by atoms with E-state index in [-0.39, 0.29) is 11.4 Å². The molecule has 1 N–H and O–H groups in total. The molecule has 8 heteroatoms. The van der Waals surface area contributed by atoms with E-state index in [9.17, 15) is 8.42 Å². The highest BCUT2D eigenvalue weighted by atomic mass is 32.2. The SMILES string of the molecule is C=CCN1c2ccccc2-c2nc(Nc3ccncc3)ncc2S1(=O)=O. The summed E-state index contributed by atoms with van der Waals surface area (Å²) < 4.78 is 27.3. The Hall–Kier alpha value is -3.26. The number of nitrogens with zero attached hydrogens (tertiary/aromatic N) is 4. The lowest BCUT2D eigenvalue weighted by Crippen LogP contribution is -2.35. The van der Waals surface area contributed by atoms with Crippen molar-refractivity contribution in [1.82, 2.24) is 15.0 Å². The zero-order valence-corrected chi connectivity index (χ0v) is 14.5. The van der Waals surface area contributed by atoms with Gasteiger partial charge in [0.1, 0.15) is 4.90 Å². The van der Waals surface area contributed by atoms with E-state index in [2.05, 4.69) is 26.8 Å². The summed E-state index contributed by atoms with van der Waals surface area (Å²) in [6.07, 6.45) is 6.19. The minimum Gasteiger partial charge on any atom is -0.324 e. The van der Waals surface area contributed by atoms with Crippen molar-refractivity contribution in [2.24, 2.45) is 0 Å². The molecule has 0 atom stereocenters. The second-order valence-electron chi connectivity index (χ2n) is 5.61. The molecule has 2 aromatic heterocycles. The van der Waals surface area contributed by atoms with Gasteiger partial charge in [-0.25, -0.2) is 18.4 Å². The third-order valence-electron chi connectivity index (χ3n) is 3.98. The number of anilines is 3. The first-order valence-corrected chi connectivity index (χ1v) is 9.32. The van der Waals surface area contributed by atoms with Crippen LogP contribution in [0.4, 0.5) is 17.3 Å². The van der Waals surface area contributed by atoms with E-state index in [4.69, 9.17) is 0 Å². The largest absolute Gasteiger partial charge is 0.324 e. The van der Waals surface area contributed by atoms with Crippen LogP contribution < -0.4 is 9.62 Å². The van der Waals surface area contributed by atoms with Gasteiger partial charge in [-0.15, -0.1) is 6.58 Å². The van der Waals surface area contributed by atoms with Crippen LogP contribution >= 0.6 is 0 Å². The molecule has 1 aliphatic heterocycles. The lowest BCUT2D eigenvalue weighted by atomic mass is 10.1. The van der Waals surface area contributed by atoms with Gasteiger partial charge in [-0.3, -0.25) is 9.29 Å². The number of aromatic nitrogens is 3. The van der Waals surface area contributed by atoms with E-state index in [0.717, 1.165) is 11.3 Å². The fourth-order valence-electron chi connectivity index (χ4n) is 2.83. The lowest BCUT2D eigenvalue weighted by molar-refractivity contribution is 0.591. The van der Waals surface area contributed by atoms with Gasteiger partial charge in [0.2, 0.25) is 5.95 Å². The van der Waals surface area contributed by atoms with E-state index in [1.165, 1.54) is 10.5 Å². The first kappa shape index (κ1) is 16.2. The summed E-state index contributed by atoms with van der Waals surface area (Å²) in [5.41, 5.74) is 2.46. The minimum absolute atomic E-state index is 0.0818. The Balaban J connectivity index is 1.86. The van der Waals surface area contributed by atoms with Crippen LogP contribution in [-0.2, 0) is 10.0 Å². The van der Waals surface area contributed by atoms with Crippen molar-refractivity contribution in [3.63, 3.8) is 0 Å². The summed E-state index contributed by atoms with van der Waals surface area (Å²) in [6.45, 7) is 3.83. The standard InChI is InChI=1S/C18H15N5O2S/c1-2-11-23-15-6-4-3-5-14(15)17-16(26(23,24)25)12-20-18(22-17)21-13-7-9-19-10-8-13/h2-10,12H,1,11H2,(H,19,20,21,22). The Morgan fingerprint density at radius 3 is 2.69 bits per heavy atom. The molecular formula is C18H15N5O2S. The van der Waals surface area contributed by atoms with Crippen LogP contribution in [0.15, 0.2) is 72.5 Å². The number of fused-ring (bicyclic) bond motifs is 3. The van der Waals surface area contributed by atoms with E-state index >= 15 is 0 Å². The van der Waals surface area contributed by atoms with Gasteiger partial charge < -0.3 is 5.32 Å². The van der Waals surface area contributed by atoms with Crippen LogP contribution in [-0.4, -0.2) is 29.9 Å². The molecule has 0 spiro atoms. The van der Waals surface area contributed by atoms with Gasteiger partial charge >= 0.3 is 0 Å². The fraction of sp³-hybridized carbons (Fsp3) is 0.0556. The van der Waals surface area contributed by atoms with Crippen molar-refractivity contribution in [1.29, 1.82) is 0 Å². The third-order valence-corrected chi connectivity index (χ3v) is 5.76. The van der Waals surface area contributed by atoms with Crippen molar-refractivity contribution in [2.75, 3.05) is 16.2 Å². The van der Waals surface area contributed by atoms with Crippen molar-refractivity contribution in [3.8, 4) is 11.3 Å². The highest BCUT2D eigenvalue weighted by molar-refractivity contribution is 7.93. The highest BCUT2D eigenvalue weighted by Crippen LogP contribution is 2.41. The summed E-state index contributed by atoms with van der Waals surface area (Å²) >= 11 is 0. The topological polar surface area (TPSA) is 88.1 Å². The van der Waals surface area contributed by atoms with Crippen molar-refractivity contribution in [3.05, 3.63) is 67.6 Å². The third kappa shape index (κ3) is 2.60. The van der Waals surface area contributed by atoms with Crippen LogP contribution in [0.1, 0.15) is 0 Å². The summed E-state index contributed by atoms with van der Waals surface area (Å²) in [5, 5.41) is 3.06. The number of sulfonamides is 1. The molecule has 0 fully saturated rings. The second-order valence-corrected chi connectivity index (χ2v) is 7.44. The van der Waals surface area contributed by atoms with Crippen LogP contribution in [0.2, 0.25) is 0 Å². The molecule has 4 rings (SSSR count). The van der Waals surface area contributed by atoms with E-state index in [1.807, 2.05) is 12.1 Å². The number of hydrogen-bond acceptors (Lipinski definition) is 6. The number of rotatable bonds is 4. The van der Waals surface area contributed by atoms with Crippen LogP contribution in [0, 0.1) is 0 Å². The van der Waals surface area contributed by atoms with Gasteiger partial charge in [-0.2, -0.15) is 0 Å². The molecule has 0 amide bonds. The van der Waals surface area contributed by atoms with Gasteiger partial charge in [0.05, 0.1) is 24.1 Å². The molecule has 1 aliphatic rings. The van der Waals surface area contributed by atoms with Gasteiger partial charge in [-0.05, 0) is 18.2 Å². The van der Waals surface area contributed by atoms with E-state index in [0.29, 0.717) is 17.3 Å². The second kappa shape index (κ2) is 6.23. The summed E-state index contributed by atoms with van der Waals surface area (Å²) in [6, 6.07) is 10.8. The summed E-state index contributed by atoms with van der Waals surface area (Å²) in [5.74, 6) is 0.317. The van der Waals surface area contributed by atoms with E-state index < -0.39 is 10.0 Å². The average Bonchev–Trinajstić information content (AvgIpc) is 2.66. The maximum Gasteiger partial charge on any atom is 0.268 e. The van der Waals surface area contributed by atoms with Gasteiger partial charge in [0.25, 0.3) is 10.0 Å². The molecule has 7 nitrogen and oxygen atoms in total. The zero-order valence-electron chi connectivity index (χ0n) is 13.7. The predicted octanol–water partition coefficient (Wildman–Crippen LogP) is 2.98. The van der Waals surface area contributed by atoms with Crippen molar-refractivity contribution in [2.45, 2.75) is 4.90 Å². The first-order valence-electron chi connectivity index (χ1n) is 7.88. The molecule has 3 heterocycles. The smallest absolute Gasteiger partial charge is 0.268 e. The number of nitrogens with one attached hydrogen (secondary N) is 1. The molecule has 3 aromatic rings. The molecule has 0 radical (unpaired) electrons. The maximum atomic E-state index is 13.0. The maximum absolute atomic E-state index is 13.0. The summed E-state index contributed by atoms with van der Waals surface area (Å²) in [7, 11) is -3.75. The number of para-hydroxylation sites is 1. The van der Waals surface area contributed by atoms with Gasteiger partial charge in [0, 0.05) is 23.6 Å². The molecular weight excluding hydrogens is 350 g/mol. The minimum atomic E-state index is -3.75. The highest BCUT2D eigenvalue weighted by Gasteiger charge is 2.35.